The zero-order valence-corrected chi connectivity index (χ0v) is 20.1. The standard InChI is InChI=1S/C22H24F2N6O5S.CH4/c1-33-20(36)26-12-16-13-29(21(31)35-16)14-9-17(23)19(18(24)10-14)28-6-5-27-30(8-7-28)22(32)34-15-3-2-4-25-11-15;/h2-4,9-11,16,27H,5-8,12-13H2,1H3,(H,26,36);1H4/t16-;/m0./s1. The van der Waals surface area contributed by atoms with Crippen molar-refractivity contribution in [2.75, 3.05) is 56.2 Å². The molecular formula is C23H28F2N6O5S. The molecule has 1 aromatic carbocycles. The Morgan fingerprint density at radius 3 is 2.73 bits per heavy atom. The van der Waals surface area contributed by atoms with Crippen molar-refractivity contribution in [2.45, 2.75) is 13.5 Å². The average molecular weight is 539 g/mol. The summed E-state index contributed by atoms with van der Waals surface area (Å²) in [5.41, 5.74) is 2.67. The second-order valence-electron chi connectivity index (χ2n) is 7.85. The number of cyclic esters (lactones) is 1. The fraction of sp³-hybridized carbons (Fsp3) is 0.391. The molecule has 2 N–H and O–H groups in total. The molecule has 37 heavy (non-hydrogen) atoms. The number of nitrogens with zero attached hydrogens (tertiary/aromatic N) is 4. The van der Waals surface area contributed by atoms with Gasteiger partial charge in [-0.3, -0.25) is 9.88 Å². The maximum absolute atomic E-state index is 15.1. The van der Waals surface area contributed by atoms with Crippen LogP contribution in [0.15, 0.2) is 36.7 Å². The van der Waals surface area contributed by atoms with Crippen LogP contribution in [0.3, 0.4) is 0 Å². The van der Waals surface area contributed by atoms with E-state index < -0.39 is 29.9 Å². The molecule has 0 bridgehead atoms. The fourth-order valence-corrected chi connectivity index (χ4v) is 3.88. The lowest BCUT2D eigenvalue weighted by Gasteiger charge is -2.25. The Bertz CT molecular complexity index is 1110. The predicted molar refractivity (Wildman–Crippen MR) is 135 cm³/mol. The van der Waals surface area contributed by atoms with Crippen LogP contribution in [0.2, 0.25) is 0 Å². The predicted octanol–water partition coefficient (Wildman–Crippen LogP) is 2.67. The highest BCUT2D eigenvalue weighted by Crippen LogP contribution is 2.31. The van der Waals surface area contributed by atoms with Crippen molar-refractivity contribution in [1.82, 2.24) is 20.7 Å². The number of pyridine rings is 1. The maximum Gasteiger partial charge on any atom is 0.429 e. The molecule has 0 unspecified atom stereocenters. The van der Waals surface area contributed by atoms with Gasteiger partial charge in [-0.15, -0.1) is 0 Å². The van der Waals surface area contributed by atoms with Crippen molar-refractivity contribution in [3.8, 4) is 5.75 Å². The third kappa shape index (κ3) is 6.71. The SMILES string of the molecule is C.COC(=S)NC[C@H]1CN(c2cc(F)c(N3CCNN(C(=O)Oc4cccnc4)CC3)c(F)c2)C(=O)O1. The summed E-state index contributed by atoms with van der Waals surface area (Å²) in [5, 5.41) is 4.15. The Hall–Kier alpha value is -3.78. The van der Waals surface area contributed by atoms with Gasteiger partial charge in [-0.25, -0.2) is 28.8 Å². The minimum atomic E-state index is -0.841. The highest BCUT2D eigenvalue weighted by molar-refractivity contribution is 7.80. The van der Waals surface area contributed by atoms with Crippen molar-refractivity contribution in [2.24, 2.45) is 0 Å². The summed E-state index contributed by atoms with van der Waals surface area (Å²) in [4.78, 5) is 31.2. The first-order valence-corrected chi connectivity index (χ1v) is 11.4. The van der Waals surface area contributed by atoms with E-state index in [-0.39, 0.29) is 69.0 Å². The van der Waals surface area contributed by atoms with E-state index in [1.54, 1.807) is 18.3 Å². The van der Waals surface area contributed by atoms with E-state index in [1.807, 2.05) is 0 Å². The van der Waals surface area contributed by atoms with Crippen LogP contribution in [0.5, 0.6) is 5.75 Å². The van der Waals surface area contributed by atoms with Gasteiger partial charge in [0.25, 0.3) is 5.17 Å². The van der Waals surface area contributed by atoms with Gasteiger partial charge in [-0.2, -0.15) is 0 Å². The van der Waals surface area contributed by atoms with Gasteiger partial charge in [0.05, 0.1) is 38.6 Å². The summed E-state index contributed by atoms with van der Waals surface area (Å²) in [6.07, 6.45) is 0.986. The molecule has 2 aliphatic heterocycles. The van der Waals surface area contributed by atoms with E-state index in [1.165, 1.54) is 23.2 Å². The molecule has 0 spiro atoms. The van der Waals surface area contributed by atoms with Crippen molar-refractivity contribution < 1.29 is 32.6 Å². The number of anilines is 2. The van der Waals surface area contributed by atoms with E-state index in [4.69, 9.17) is 26.4 Å². The monoisotopic (exact) mass is 538 g/mol. The lowest BCUT2D eigenvalue weighted by atomic mass is 10.2. The van der Waals surface area contributed by atoms with Gasteiger partial charge in [0.2, 0.25) is 0 Å². The zero-order valence-electron chi connectivity index (χ0n) is 19.3. The smallest absolute Gasteiger partial charge is 0.429 e. The molecule has 0 radical (unpaired) electrons. The number of benzene rings is 1. The van der Waals surface area contributed by atoms with Crippen LogP contribution in [-0.4, -0.2) is 79.8 Å². The number of hydrazine groups is 1. The van der Waals surface area contributed by atoms with Gasteiger partial charge < -0.3 is 24.4 Å². The Labute approximate surface area is 218 Å². The third-order valence-electron chi connectivity index (χ3n) is 5.50. The number of rotatable bonds is 5. The lowest BCUT2D eigenvalue weighted by molar-refractivity contribution is 0.133. The Kier molecular flexibility index (Phi) is 9.36. The van der Waals surface area contributed by atoms with Gasteiger partial charge in [0.15, 0.2) is 17.4 Å². The largest absolute Gasteiger partial charge is 0.474 e. The first-order chi connectivity index (χ1) is 17.4. The van der Waals surface area contributed by atoms with Crippen molar-refractivity contribution in [3.05, 3.63) is 48.3 Å². The molecule has 2 amide bonds. The van der Waals surface area contributed by atoms with Crippen molar-refractivity contribution in [1.29, 1.82) is 0 Å². The molecule has 1 atom stereocenters. The highest BCUT2D eigenvalue weighted by Gasteiger charge is 2.34. The van der Waals surface area contributed by atoms with Crippen LogP contribution >= 0.6 is 12.2 Å². The molecule has 2 aromatic rings. The first-order valence-electron chi connectivity index (χ1n) is 11.0. The third-order valence-corrected chi connectivity index (χ3v) is 5.81. The number of hydrogen-bond acceptors (Lipinski definition) is 9. The highest BCUT2D eigenvalue weighted by atomic mass is 32.1. The van der Waals surface area contributed by atoms with Crippen LogP contribution in [0.4, 0.5) is 29.7 Å². The summed E-state index contributed by atoms with van der Waals surface area (Å²) < 4.78 is 45.5. The summed E-state index contributed by atoms with van der Waals surface area (Å²) in [6.45, 7) is 0.982. The quantitative estimate of drug-likeness (QED) is 0.552. The van der Waals surface area contributed by atoms with Gasteiger partial charge in [0, 0.05) is 38.0 Å². The van der Waals surface area contributed by atoms with Crippen LogP contribution in [0, 0.1) is 11.6 Å². The number of nitrogens with one attached hydrogen (secondary N) is 2. The van der Waals surface area contributed by atoms with E-state index in [0.717, 1.165) is 17.0 Å². The number of methoxy groups -OCH3 is 1. The molecule has 1 aromatic heterocycles. The second kappa shape index (κ2) is 12.5. The molecule has 11 nitrogen and oxygen atoms in total. The normalized spacial score (nSPS) is 17.4. The Morgan fingerprint density at radius 1 is 1.30 bits per heavy atom. The molecule has 2 saturated heterocycles. The molecule has 4 rings (SSSR count). The van der Waals surface area contributed by atoms with E-state index >= 15 is 8.78 Å². The van der Waals surface area contributed by atoms with Gasteiger partial charge >= 0.3 is 12.2 Å². The van der Waals surface area contributed by atoms with Crippen molar-refractivity contribution in [3.63, 3.8) is 0 Å². The van der Waals surface area contributed by atoms with Crippen LogP contribution in [0.25, 0.3) is 0 Å². The number of aromatic nitrogens is 1. The van der Waals surface area contributed by atoms with Crippen LogP contribution < -0.4 is 25.3 Å². The van der Waals surface area contributed by atoms with E-state index in [9.17, 15) is 9.59 Å². The number of thiocarbonyl (C=S) groups is 1. The minimum Gasteiger partial charge on any atom is -0.474 e. The van der Waals surface area contributed by atoms with E-state index in [0.29, 0.717) is 0 Å². The summed E-state index contributed by atoms with van der Waals surface area (Å²) in [5.74, 6) is -1.41. The molecule has 3 heterocycles. The average Bonchev–Trinajstić information content (AvgIpc) is 3.07. The second-order valence-corrected chi connectivity index (χ2v) is 8.22. The van der Waals surface area contributed by atoms with Crippen LogP contribution in [-0.2, 0) is 9.47 Å². The summed E-state index contributed by atoms with van der Waals surface area (Å²) >= 11 is 4.89. The summed E-state index contributed by atoms with van der Waals surface area (Å²) in [6, 6.07) is 5.39. The topological polar surface area (TPSA) is 109 Å². The number of halogens is 2. The zero-order chi connectivity index (χ0) is 25.7. The minimum absolute atomic E-state index is 0. The number of amides is 2. The fourth-order valence-electron chi connectivity index (χ4n) is 3.79. The summed E-state index contributed by atoms with van der Waals surface area (Å²) in [7, 11) is 1.40. The molecule has 14 heteroatoms. The van der Waals surface area contributed by atoms with E-state index in [2.05, 4.69) is 15.7 Å². The molecular weight excluding hydrogens is 510 g/mol. The molecule has 2 fully saturated rings. The first kappa shape index (κ1) is 27.8. The van der Waals surface area contributed by atoms with Gasteiger partial charge in [-0.1, -0.05) is 7.43 Å². The molecule has 0 saturated carbocycles. The Balaban J connectivity index is 0.00000380. The van der Waals surface area contributed by atoms with Gasteiger partial charge in [-0.05, 0) is 24.4 Å². The molecule has 2 aliphatic rings. The van der Waals surface area contributed by atoms with Gasteiger partial charge in [0.1, 0.15) is 11.8 Å². The molecule has 200 valence electrons. The van der Waals surface area contributed by atoms with Crippen LogP contribution in [0.1, 0.15) is 7.43 Å². The number of ether oxygens (including phenoxy) is 3. The maximum atomic E-state index is 15.1. The Morgan fingerprint density at radius 2 is 2.05 bits per heavy atom. The van der Waals surface area contributed by atoms with Crippen molar-refractivity contribution >= 4 is 41.0 Å². The number of carbonyl (C=O) groups is 2. The number of hydrogen-bond donors (Lipinski definition) is 2. The number of carbonyl (C=O) groups excluding carboxylic acids is 2. The molecule has 0 aliphatic carbocycles. The lowest BCUT2D eigenvalue weighted by Crippen LogP contribution is -2.45.